The Morgan fingerprint density at radius 3 is 2.29 bits per heavy atom. The molecule has 0 atom stereocenters. The van der Waals surface area contributed by atoms with Crippen LogP contribution in [0.5, 0.6) is 0 Å². The molecule has 0 bridgehead atoms. The summed E-state index contributed by atoms with van der Waals surface area (Å²) < 4.78 is 0. The lowest BCUT2D eigenvalue weighted by Crippen LogP contribution is -1.70. The molecule has 0 aliphatic rings. The van der Waals surface area contributed by atoms with E-state index in [0.29, 0.717) is 0 Å². The topological polar surface area (TPSA) is 48.6 Å². The Morgan fingerprint density at radius 1 is 1.57 bits per heavy atom. The lowest BCUT2D eigenvalue weighted by atomic mass is 10.3. The molecule has 0 radical (unpaired) electrons. The SMILES string of the molecule is CCCCC=O.O. The molecule has 2 nitrogen and oxygen atoms in total. The van der Waals surface area contributed by atoms with E-state index in [0.717, 1.165) is 25.5 Å². The molecule has 0 aliphatic carbocycles. The molecule has 0 aliphatic heterocycles. The Kier molecular flexibility index (Phi) is 12.8. The van der Waals surface area contributed by atoms with Gasteiger partial charge in [0.05, 0.1) is 0 Å². The van der Waals surface area contributed by atoms with Crippen molar-refractivity contribution in [2.45, 2.75) is 26.2 Å². The molecule has 0 aromatic heterocycles. The maximum atomic E-state index is 9.56. The zero-order valence-corrected chi connectivity index (χ0v) is 4.61. The summed E-state index contributed by atoms with van der Waals surface area (Å²) in [4.78, 5) is 9.56. The van der Waals surface area contributed by atoms with Crippen molar-refractivity contribution >= 4 is 6.29 Å². The molecular weight excluding hydrogens is 92.1 g/mol. The van der Waals surface area contributed by atoms with E-state index in [9.17, 15) is 4.79 Å². The molecule has 0 heterocycles. The van der Waals surface area contributed by atoms with Crippen LogP contribution in [-0.4, -0.2) is 11.8 Å². The van der Waals surface area contributed by atoms with Crippen molar-refractivity contribution in [2.24, 2.45) is 0 Å². The molecule has 2 N–H and O–H groups in total. The molecule has 0 saturated carbocycles. The molecule has 0 amide bonds. The molecule has 0 fully saturated rings. The molecule has 0 spiro atoms. The fraction of sp³-hybridized carbons (Fsp3) is 0.800. The van der Waals surface area contributed by atoms with E-state index >= 15 is 0 Å². The highest BCUT2D eigenvalue weighted by atomic mass is 16.1. The van der Waals surface area contributed by atoms with E-state index < -0.39 is 0 Å². The van der Waals surface area contributed by atoms with E-state index in [1.54, 1.807) is 0 Å². The van der Waals surface area contributed by atoms with Gasteiger partial charge < -0.3 is 10.3 Å². The predicted molar refractivity (Wildman–Crippen MR) is 29.2 cm³/mol. The molecule has 44 valence electrons. The first-order valence-corrected chi connectivity index (χ1v) is 2.35. The number of carbonyl (C=O) groups excluding carboxylic acids is 1. The summed E-state index contributed by atoms with van der Waals surface area (Å²) in [6.07, 6.45) is 3.86. The van der Waals surface area contributed by atoms with Gasteiger partial charge in [0.15, 0.2) is 0 Å². The second kappa shape index (κ2) is 9.16. The largest absolute Gasteiger partial charge is 0.412 e. The van der Waals surface area contributed by atoms with Crippen molar-refractivity contribution < 1.29 is 10.3 Å². The minimum Gasteiger partial charge on any atom is -0.412 e. The summed E-state index contributed by atoms with van der Waals surface area (Å²) in [5.41, 5.74) is 0. The van der Waals surface area contributed by atoms with E-state index in [1.807, 2.05) is 0 Å². The fourth-order valence-electron chi connectivity index (χ4n) is 0.287. The third kappa shape index (κ3) is 10.7. The van der Waals surface area contributed by atoms with Crippen molar-refractivity contribution in [3.8, 4) is 0 Å². The normalized spacial score (nSPS) is 7.00. The van der Waals surface area contributed by atoms with Crippen LogP contribution in [-0.2, 0) is 4.79 Å². The molecule has 0 aromatic rings. The van der Waals surface area contributed by atoms with Gasteiger partial charge >= 0.3 is 0 Å². The standard InChI is InChI=1S/C5H10O.H2O/c1-2-3-4-5-6;/h5H,2-4H2,1H3;1H2. The van der Waals surface area contributed by atoms with Gasteiger partial charge in [-0.15, -0.1) is 0 Å². The third-order valence-electron chi connectivity index (χ3n) is 0.676. The molecule has 2 heteroatoms. The monoisotopic (exact) mass is 104 g/mol. The van der Waals surface area contributed by atoms with Gasteiger partial charge in [-0.1, -0.05) is 13.3 Å². The first-order chi connectivity index (χ1) is 2.91. The first kappa shape index (κ1) is 9.80. The highest BCUT2D eigenvalue weighted by Crippen LogP contribution is 1.87. The Balaban J connectivity index is 0. The van der Waals surface area contributed by atoms with Crippen LogP contribution in [0.1, 0.15) is 26.2 Å². The van der Waals surface area contributed by atoms with Crippen LogP contribution >= 0.6 is 0 Å². The highest BCUT2D eigenvalue weighted by Gasteiger charge is 1.74. The number of unbranched alkanes of at least 4 members (excludes halogenated alkanes) is 2. The van der Waals surface area contributed by atoms with Crippen LogP contribution in [0.25, 0.3) is 0 Å². The van der Waals surface area contributed by atoms with E-state index in [-0.39, 0.29) is 5.48 Å². The van der Waals surface area contributed by atoms with Gasteiger partial charge in [-0.25, -0.2) is 0 Å². The van der Waals surface area contributed by atoms with Gasteiger partial charge in [-0.3, -0.25) is 0 Å². The lowest BCUT2D eigenvalue weighted by molar-refractivity contribution is -0.107. The Labute approximate surface area is 43.8 Å². The third-order valence-corrected chi connectivity index (χ3v) is 0.676. The van der Waals surface area contributed by atoms with Gasteiger partial charge in [0.1, 0.15) is 6.29 Å². The lowest BCUT2D eigenvalue weighted by Gasteiger charge is -1.79. The molecular formula is C5H12O2. The molecule has 0 rings (SSSR count). The van der Waals surface area contributed by atoms with Crippen LogP contribution in [0.15, 0.2) is 0 Å². The highest BCUT2D eigenvalue weighted by molar-refractivity contribution is 5.48. The van der Waals surface area contributed by atoms with E-state index in [1.165, 1.54) is 0 Å². The van der Waals surface area contributed by atoms with Crippen molar-refractivity contribution in [3.05, 3.63) is 0 Å². The Morgan fingerprint density at radius 2 is 2.14 bits per heavy atom. The van der Waals surface area contributed by atoms with Gasteiger partial charge in [-0.2, -0.15) is 0 Å². The van der Waals surface area contributed by atoms with Crippen molar-refractivity contribution in [1.29, 1.82) is 0 Å². The van der Waals surface area contributed by atoms with Gasteiger partial charge in [0.25, 0.3) is 0 Å². The van der Waals surface area contributed by atoms with Crippen LogP contribution in [0.2, 0.25) is 0 Å². The average Bonchev–Trinajstić information content (AvgIpc) is 1.61. The van der Waals surface area contributed by atoms with Gasteiger partial charge in [0.2, 0.25) is 0 Å². The number of hydrogen-bond acceptors (Lipinski definition) is 1. The molecule has 0 unspecified atom stereocenters. The van der Waals surface area contributed by atoms with Gasteiger partial charge in [-0.05, 0) is 6.42 Å². The average molecular weight is 104 g/mol. The smallest absolute Gasteiger partial charge is 0.119 e. The molecule has 7 heavy (non-hydrogen) atoms. The molecule has 0 aromatic carbocycles. The number of rotatable bonds is 3. The summed E-state index contributed by atoms with van der Waals surface area (Å²) >= 11 is 0. The summed E-state index contributed by atoms with van der Waals surface area (Å²) in [5, 5.41) is 0. The zero-order valence-electron chi connectivity index (χ0n) is 4.61. The van der Waals surface area contributed by atoms with Crippen LogP contribution < -0.4 is 0 Å². The quantitative estimate of drug-likeness (QED) is 0.381. The second-order valence-corrected chi connectivity index (χ2v) is 1.31. The van der Waals surface area contributed by atoms with Gasteiger partial charge in [0, 0.05) is 6.42 Å². The van der Waals surface area contributed by atoms with Crippen LogP contribution in [0.3, 0.4) is 0 Å². The van der Waals surface area contributed by atoms with Crippen LogP contribution in [0, 0.1) is 0 Å². The van der Waals surface area contributed by atoms with Crippen molar-refractivity contribution in [2.75, 3.05) is 0 Å². The minimum atomic E-state index is 0. The number of hydrogen-bond donors (Lipinski definition) is 0. The number of carbonyl (C=O) groups is 1. The summed E-state index contributed by atoms with van der Waals surface area (Å²) in [7, 11) is 0. The summed E-state index contributed by atoms with van der Waals surface area (Å²) in [6, 6.07) is 0. The first-order valence-electron chi connectivity index (χ1n) is 2.35. The Hall–Kier alpha value is -0.370. The van der Waals surface area contributed by atoms with E-state index in [2.05, 4.69) is 6.92 Å². The van der Waals surface area contributed by atoms with Crippen molar-refractivity contribution in [1.82, 2.24) is 0 Å². The Bertz CT molecular complexity index is 35.1. The zero-order chi connectivity index (χ0) is 4.83. The molecule has 0 saturated heterocycles. The fourth-order valence-corrected chi connectivity index (χ4v) is 0.287. The summed E-state index contributed by atoms with van der Waals surface area (Å²) in [5.74, 6) is 0. The second-order valence-electron chi connectivity index (χ2n) is 1.31. The maximum absolute atomic E-state index is 9.56. The maximum Gasteiger partial charge on any atom is 0.119 e. The van der Waals surface area contributed by atoms with E-state index in [4.69, 9.17) is 0 Å². The number of aldehydes is 1. The predicted octanol–water partition coefficient (Wildman–Crippen LogP) is 0.551. The van der Waals surface area contributed by atoms with Crippen molar-refractivity contribution in [3.63, 3.8) is 0 Å². The summed E-state index contributed by atoms with van der Waals surface area (Å²) in [6.45, 7) is 2.07. The van der Waals surface area contributed by atoms with Crippen LogP contribution in [0.4, 0.5) is 0 Å². The minimum absolute atomic E-state index is 0.